The van der Waals surface area contributed by atoms with Crippen molar-refractivity contribution < 1.29 is 4.79 Å². The summed E-state index contributed by atoms with van der Waals surface area (Å²) in [5.74, 6) is 1.32. The summed E-state index contributed by atoms with van der Waals surface area (Å²) in [6, 6.07) is 7.80. The van der Waals surface area contributed by atoms with Gasteiger partial charge >= 0.3 is 0 Å². The zero-order valence-corrected chi connectivity index (χ0v) is 11.9. The lowest BCUT2D eigenvalue weighted by Gasteiger charge is -2.09. The van der Waals surface area contributed by atoms with Gasteiger partial charge in [0.15, 0.2) is 0 Å². The van der Waals surface area contributed by atoms with E-state index in [4.69, 9.17) is 5.73 Å². The molecule has 1 saturated heterocycles. The molecule has 1 unspecified atom stereocenters. The van der Waals surface area contributed by atoms with Gasteiger partial charge in [-0.2, -0.15) is 0 Å². The first-order chi connectivity index (χ1) is 8.25. The molecule has 5 heteroatoms. The van der Waals surface area contributed by atoms with Crippen LogP contribution in [-0.2, 0) is 11.2 Å². The molecule has 0 aromatic heterocycles. The fourth-order valence-corrected chi connectivity index (χ4v) is 3.10. The van der Waals surface area contributed by atoms with Crippen molar-refractivity contribution in [2.45, 2.75) is 24.5 Å². The molecule has 1 fully saturated rings. The number of hydrogen-bond donors (Lipinski definition) is 2. The van der Waals surface area contributed by atoms with Crippen molar-refractivity contribution in [1.82, 2.24) is 5.32 Å². The third kappa shape index (κ3) is 4.42. The number of nitrogens with two attached hydrogens (primary N) is 1. The number of nitrogens with one attached hydrogen (secondary N) is 1. The number of amides is 1. The fourth-order valence-electron chi connectivity index (χ4n) is 1.91. The predicted molar refractivity (Wildman–Crippen MR) is 80.3 cm³/mol. The summed E-state index contributed by atoms with van der Waals surface area (Å²) in [4.78, 5) is 11.7. The largest absolute Gasteiger partial charge is 0.399 e. The normalized spacial score (nSPS) is 18.1. The molecule has 100 valence electrons. The Morgan fingerprint density at radius 3 is 2.72 bits per heavy atom. The van der Waals surface area contributed by atoms with E-state index in [-0.39, 0.29) is 23.6 Å². The van der Waals surface area contributed by atoms with Gasteiger partial charge in [0.2, 0.25) is 5.91 Å². The van der Waals surface area contributed by atoms with E-state index in [1.807, 2.05) is 24.3 Å². The lowest BCUT2D eigenvalue weighted by molar-refractivity contribution is -0.120. The number of thioether (sulfide) groups is 1. The van der Waals surface area contributed by atoms with Crippen LogP contribution >= 0.6 is 24.2 Å². The van der Waals surface area contributed by atoms with Crippen LogP contribution in [0.5, 0.6) is 0 Å². The molecule has 1 aromatic carbocycles. The van der Waals surface area contributed by atoms with E-state index in [0.29, 0.717) is 6.54 Å². The monoisotopic (exact) mass is 286 g/mol. The van der Waals surface area contributed by atoms with Gasteiger partial charge in [-0.25, -0.2) is 0 Å². The molecule has 0 spiro atoms. The molecular formula is C13H19ClN2OS. The number of carbonyl (C=O) groups is 1. The van der Waals surface area contributed by atoms with Gasteiger partial charge < -0.3 is 11.1 Å². The minimum Gasteiger partial charge on any atom is -0.399 e. The Morgan fingerprint density at radius 2 is 2.11 bits per heavy atom. The van der Waals surface area contributed by atoms with Crippen LogP contribution in [0.2, 0.25) is 0 Å². The Labute approximate surface area is 118 Å². The lowest BCUT2D eigenvalue weighted by atomic mass is 10.1. The van der Waals surface area contributed by atoms with Gasteiger partial charge in [0.25, 0.3) is 0 Å². The summed E-state index contributed by atoms with van der Waals surface area (Å²) >= 11 is 1.77. The smallest absolute Gasteiger partial charge is 0.233 e. The molecule has 1 heterocycles. The molecule has 18 heavy (non-hydrogen) atoms. The van der Waals surface area contributed by atoms with Crippen LogP contribution < -0.4 is 11.1 Å². The van der Waals surface area contributed by atoms with Gasteiger partial charge in [0.05, 0.1) is 5.25 Å². The van der Waals surface area contributed by atoms with Crippen molar-refractivity contribution in [3.05, 3.63) is 29.8 Å². The Balaban J connectivity index is 0.00000162. The second-order valence-corrected chi connectivity index (χ2v) is 5.59. The summed E-state index contributed by atoms with van der Waals surface area (Å²) in [6.07, 6.45) is 3.06. The first kappa shape index (κ1) is 15.2. The fraction of sp³-hybridized carbons (Fsp3) is 0.462. The summed E-state index contributed by atoms with van der Waals surface area (Å²) in [5, 5.41) is 3.18. The Bertz CT molecular complexity index is 377. The maximum Gasteiger partial charge on any atom is 0.233 e. The second-order valence-electron chi connectivity index (χ2n) is 4.28. The molecule has 0 aliphatic carbocycles. The summed E-state index contributed by atoms with van der Waals surface area (Å²) in [6.45, 7) is 0.708. The van der Waals surface area contributed by atoms with Crippen molar-refractivity contribution >= 4 is 35.8 Å². The summed E-state index contributed by atoms with van der Waals surface area (Å²) in [7, 11) is 0. The van der Waals surface area contributed by atoms with E-state index in [1.54, 1.807) is 11.8 Å². The number of anilines is 1. The molecule has 0 radical (unpaired) electrons. The summed E-state index contributed by atoms with van der Waals surface area (Å²) in [5.41, 5.74) is 7.60. The standard InChI is InChI=1S/C13H18N2OS.ClH/c14-11-5-3-10(4-6-11)7-8-15-13(16)12-2-1-9-17-12;/h3-6,12H,1-2,7-9,14H2,(H,15,16);1H. The number of halogens is 1. The van der Waals surface area contributed by atoms with Crippen molar-refractivity contribution in [1.29, 1.82) is 0 Å². The molecule has 1 atom stereocenters. The van der Waals surface area contributed by atoms with E-state index < -0.39 is 0 Å². The molecular weight excluding hydrogens is 268 g/mol. The van der Waals surface area contributed by atoms with Crippen LogP contribution in [0.1, 0.15) is 18.4 Å². The van der Waals surface area contributed by atoms with Crippen molar-refractivity contribution in [3.8, 4) is 0 Å². The van der Waals surface area contributed by atoms with Crippen LogP contribution in [0.4, 0.5) is 5.69 Å². The van der Waals surface area contributed by atoms with Crippen LogP contribution in [0.3, 0.4) is 0 Å². The lowest BCUT2D eigenvalue weighted by Crippen LogP contribution is -2.32. The quantitative estimate of drug-likeness (QED) is 0.835. The van der Waals surface area contributed by atoms with Crippen molar-refractivity contribution in [2.24, 2.45) is 0 Å². The van der Waals surface area contributed by atoms with E-state index in [1.165, 1.54) is 12.0 Å². The molecule has 2 rings (SSSR count). The zero-order chi connectivity index (χ0) is 12.1. The van der Waals surface area contributed by atoms with E-state index in [2.05, 4.69) is 5.32 Å². The molecule has 0 saturated carbocycles. The van der Waals surface area contributed by atoms with E-state index in [9.17, 15) is 4.79 Å². The van der Waals surface area contributed by atoms with Crippen molar-refractivity contribution in [3.63, 3.8) is 0 Å². The topological polar surface area (TPSA) is 55.1 Å². The average Bonchev–Trinajstić information content (AvgIpc) is 2.85. The molecule has 3 N–H and O–H groups in total. The maximum atomic E-state index is 11.7. The molecule has 1 aliphatic rings. The SMILES string of the molecule is Cl.Nc1ccc(CCNC(=O)C2CCCS2)cc1. The Hall–Kier alpha value is -0.870. The number of benzene rings is 1. The number of rotatable bonds is 4. The summed E-state index contributed by atoms with van der Waals surface area (Å²) < 4.78 is 0. The highest BCUT2D eigenvalue weighted by molar-refractivity contribution is 8.00. The molecule has 3 nitrogen and oxygen atoms in total. The van der Waals surface area contributed by atoms with Crippen LogP contribution in [0.25, 0.3) is 0 Å². The molecule has 1 aliphatic heterocycles. The highest BCUT2D eigenvalue weighted by Crippen LogP contribution is 2.25. The third-order valence-corrected chi connectivity index (χ3v) is 4.29. The number of hydrogen-bond acceptors (Lipinski definition) is 3. The van der Waals surface area contributed by atoms with Gasteiger partial charge in [-0.05, 0) is 42.7 Å². The van der Waals surface area contributed by atoms with Gasteiger partial charge in [-0.15, -0.1) is 24.2 Å². The minimum absolute atomic E-state index is 0. The molecule has 1 aromatic rings. The van der Waals surface area contributed by atoms with Gasteiger partial charge in [0, 0.05) is 12.2 Å². The maximum absolute atomic E-state index is 11.7. The van der Waals surface area contributed by atoms with E-state index in [0.717, 1.165) is 24.3 Å². The van der Waals surface area contributed by atoms with Gasteiger partial charge in [-0.1, -0.05) is 12.1 Å². The van der Waals surface area contributed by atoms with Gasteiger partial charge in [0.1, 0.15) is 0 Å². The Morgan fingerprint density at radius 1 is 1.39 bits per heavy atom. The third-order valence-electron chi connectivity index (χ3n) is 2.91. The van der Waals surface area contributed by atoms with E-state index >= 15 is 0 Å². The molecule has 1 amide bonds. The minimum atomic E-state index is 0. The number of nitrogen functional groups attached to an aromatic ring is 1. The van der Waals surface area contributed by atoms with Crippen molar-refractivity contribution in [2.75, 3.05) is 18.0 Å². The highest BCUT2D eigenvalue weighted by Gasteiger charge is 2.22. The number of carbonyl (C=O) groups excluding carboxylic acids is 1. The zero-order valence-electron chi connectivity index (χ0n) is 10.2. The highest BCUT2D eigenvalue weighted by atomic mass is 35.5. The Kier molecular flexibility index (Phi) is 6.36. The van der Waals surface area contributed by atoms with Crippen LogP contribution in [-0.4, -0.2) is 23.5 Å². The average molecular weight is 287 g/mol. The first-order valence-corrected chi connectivity index (χ1v) is 7.04. The first-order valence-electron chi connectivity index (χ1n) is 5.99. The molecule has 0 bridgehead atoms. The van der Waals surface area contributed by atoms with Gasteiger partial charge in [-0.3, -0.25) is 4.79 Å². The van der Waals surface area contributed by atoms with Crippen LogP contribution in [0, 0.1) is 0 Å². The van der Waals surface area contributed by atoms with Crippen LogP contribution in [0.15, 0.2) is 24.3 Å². The second kappa shape index (κ2) is 7.54. The predicted octanol–water partition coefficient (Wildman–Crippen LogP) is 2.24.